The van der Waals surface area contributed by atoms with E-state index < -0.39 is 15.9 Å². The fraction of sp³-hybridized carbons (Fsp3) is 0. The summed E-state index contributed by atoms with van der Waals surface area (Å²) in [7, 11) is -3.77. The first-order chi connectivity index (χ1) is 7.99. The van der Waals surface area contributed by atoms with Gasteiger partial charge in [-0.2, -0.15) is 0 Å². The predicted molar refractivity (Wildman–Crippen MR) is 60.1 cm³/mol. The molecular weight excluding hydrogens is 266 g/mol. The number of sulfonamides is 1. The van der Waals surface area contributed by atoms with Crippen LogP contribution >= 0.6 is 11.3 Å². The monoisotopic (exact) mass is 273 g/mol. The highest BCUT2D eigenvalue weighted by Gasteiger charge is 2.18. The molecule has 2 aromatic heterocycles. The molecule has 0 unspecified atom stereocenters. The molecule has 0 atom stereocenters. The molecule has 2 aromatic rings. The van der Waals surface area contributed by atoms with Crippen LogP contribution < -0.4 is 10.5 Å². The first-order valence-electron chi connectivity index (χ1n) is 4.30. The SMILES string of the molecule is NC(=O)c1cc(S(=O)(=O)Nc2ccon2)cs1. The average molecular weight is 273 g/mol. The van der Waals surface area contributed by atoms with Crippen LogP contribution in [-0.2, 0) is 10.0 Å². The van der Waals surface area contributed by atoms with Crippen LogP contribution in [0.15, 0.2) is 33.2 Å². The van der Waals surface area contributed by atoms with E-state index in [-0.39, 0.29) is 15.6 Å². The van der Waals surface area contributed by atoms with Crippen molar-refractivity contribution >= 4 is 33.1 Å². The van der Waals surface area contributed by atoms with Crippen molar-refractivity contribution in [1.29, 1.82) is 0 Å². The molecule has 0 bridgehead atoms. The van der Waals surface area contributed by atoms with E-state index in [0.29, 0.717) is 0 Å². The lowest BCUT2D eigenvalue weighted by molar-refractivity contribution is 0.100. The third-order valence-electron chi connectivity index (χ3n) is 1.81. The molecule has 7 nitrogen and oxygen atoms in total. The van der Waals surface area contributed by atoms with Crippen molar-refractivity contribution in [3.63, 3.8) is 0 Å². The van der Waals surface area contributed by atoms with Gasteiger partial charge in [0.25, 0.3) is 15.9 Å². The second kappa shape index (κ2) is 4.18. The third kappa shape index (κ3) is 2.45. The molecule has 2 heterocycles. The number of aromatic nitrogens is 1. The molecule has 3 N–H and O–H groups in total. The van der Waals surface area contributed by atoms with Gasteiger partial charge in [-0.1, -0.05) is 5.16 Å². The summed E-state index contributed by atoms with van der Waals surface area (Å²) in [6.07, 6.45) is 1.24. The quantitative estimate of drug-likeness (QED) is 0.847. The minimum atomic E-state index is -3.77. The summed E-state index contributed by atoms with van der Waals surface area (Å²) < 4.78 is 30.3. The van der Waals surface area contributed by atoms with Crippen LogP contribution in [0.4, 0.5) is 5.82 Å². The summed E-state index contributed by atoms with van der Waals surface area (Å²) in [6, 6.07) is 2.56. The highest BCUT2D eigenvalue weighted by molar-refractivity contribution is 7.92. The maximum absolute atomic E-state index is 11.8. The van der Waals surface area contributed by atoms with Gasteiger partial charge < -0.3 is 10.3 Å². The lowest BCUT2D eigenvalue weighted by Gasteiger charge is -2.00. The van der Waals surface area contributed by atoms with Crippen molar-refractivity contribution < 1.29 is 17.7 Å². The van der Waals surface area contributed by atoms with Gasteiger partial charge in [0.2, 0.25) is 0 Å². The lowest BCUT2D eigenvalue weighted by atomic mass is 10.5. The van der Waals surface area contributed by atoms with Crippen molar-refractivity contribution in [3.8, 4) is 0 Å². The number of anilines is 1. The molecule has 0 saturated carbocycles. The molecular formula is C8H7N3O4S2. The summed E-state index contributed by atoms with van der Waals surface area (Å²) in [5, 5.41) is 4.74. The maximum atomic E-state index is 11.8. The number of thiophene rings is 1. The molecule has 0 saturated heterocycles. The highest BCUT2D eigenvalue weighted by atomic mass is 32.2. The van der Waals surface area contributed by atoms with Gasteiger partial charge in [-0.25, -0.2) is 8.42 Å². The number of carbonyl (C=O) groups excluding carboxylic acids is 1. The molecule has 0 aliphatic heterocycles. The Morgan fingerprint density at radius 3 is 2.82 bits per heavy atom. The average Bonchev–Trinajstić information content (AvgIpc) is 2.84. The number of nitrogens with one attached hydrogen (secondary N) is 1. The summed E-state index contributed by atoms with van der Waals surface area (Å²) in [6.45, 7) is 0. The van der Waals surface area contributed by atoms with E-state index in [1.165, 1.54) is 23.8 Å². The fourth-order valence-corrected chi connectivity index (χ4v) is 3.17. The number of rotatable bonds is 4. The topological polar surface area (TPSA) is 115 Å². The van der Waals surface area contributed by atoms with Gasteiger partial charge in [0.15, 0.2) is 5.82 Å². The number of nitrogens with zero attached hydrogens (tertiary/aromatic N) is 1. The predicted octanol–water partition coefficient (Wildman–Crippen LogP) is 0.636. The van der Waals surface area contributed by atoms with Gasteiger partial charge in [-0.15, -0.1) is 11.3 Å². The highest BCUT2D eigenvalue weighted by Crippen LogP contribution is 2.20. The number of nitrogens with two attached hydrogens (primary N) is 1. The van der Waals surface area contributed by atoms with Crippen molar-refractivity contribution in [2.24, 2.45) is 5.73 Å². The lowest BCUT2D eigenvalue weighted by Crippen LogP contribution is -2.13. The maximum Gasteiger partial charge on any atom is 0.263 e. The van der Waals surface area contributed by atoms with Gasteiger partial charge in [0.1, 0.15) is 6.26 Å². The van der Waals surface area contributed by atoms with E-state index >= 15 is 0 Å². The van der Waals surface area contributed by atoms with E-state index in [1.807, 2.05) is 0 Å². The zero-order valence-corrected chi connectivity index (χ0v) is 9.92. The summed E-state index contributed by atoms with van der Waals surface area (Å²) in [5.74, 6) is -0.602. The Hall–Kier alpha value is -1.87. The fourth-order valence-electron chi connectivity index (χ4n) is 1.05. The summed E-state index contributed by atoms with van der Waals surface area (Å²) in [4.78, 5) is 11.0. The number of carbonyl (C=O) groups is 1. The Morgan fingerprint density at radius 2 is 2.29 bits per heavy atom. The zero-order chi connectivity index (χ0) is 12.5. The third-order valence-corrected chi connectivity index (χ3v) is 4.23. The Labute approximate surface area is 100 Å². The molecule has 0 aromatic carbocycles. The van der Waals surface area contributed by atoms with E-state index in [9.17, 15) is 13.2 Å². The molecule has 0 fully saturated rings. The minimum Gasteiger partial charge on any atom is -0.365 e. The number of amides is 1. The standard InChI is InChI=1S/C8H7N3O4S2/c9-8(12)6-3-5(4-16-6)17(13,14)11-7-1-2-15-10-7/h1-4H,(H2,9,12)(H,10,11). The molecule has 0 radical (unpaired) electrons. The van der Waals surface area contributed by atoms with Crippen LogP contribution in [0.25, 0.3) is 0 Å². The Bertz CT molecular complexity index is 630. The van der Waals surface area contributed by atoms with Crippen LogP contribution in [0.2, 0.25) is 0 Å². The molecule has 0 aliphatic carbocycles. The van der Waals surface area contributed by atoms with Crippen LogP contribution in [0.1, 0.15) is 9.67 Å². The first-order valence-corrected chi connectivity index (χ1v) is 6.67. The summed E-state index contributed by atoms with van der Waals surface area (Å²) in [5.41, 5.74) is 5.04. The van der Waals surface area contributed by atoms with Gasteiger partial charge in [-0.05, 0) is 6.07 Å². The van der Waals surface area contributed by atoms with Crippen LogP contribution in [0, 0.1) is 0 Å². The van der Waals surface area contributed by atoms with E-state index in [1.54, 1.807) is 0 Å². The molecule has 90 valence electrons. The Balaban J connectivity index is 2.28. The Morgan fingerprint density at radius 1 is 1.53 bits per heavy atom. The number of hydrogen-bond donors (Lipinski definition) is 2. The van der Waals surface area contributed by atoms with Gasteiger partial charge in [0.05, 0.1) is 9.77 Å². The number of hydrogen-bond acceptors (Lipinski definition) is 6. The van der Waals surface area contributed by atoms with Gasteiger partial charge in [-0.3, -0.25) is 9.52 Å². The largest absolute Gasteiger partial charge is 0.365 e. The molecule has 17 heavy (non-hydrogen) atoms. The van der Waals surface area contributed by atoms with Crippen LogP contribution in [-0.4, -0.2) is 19.5 Å². The van der Waals surface area contributed by atoms with Crippen molar-refractivity contribution in [2.45, 2.75) is 4.90 Å². The zero-order valence-electron chi connectivity index (χ0n) is 8.28. The van der Waals surface area contributed by atoms with E-state index in [0.717, 1.165) is 11.3 Å². The van der Waals surface area contributed by atoms with E-state index in [4.69, 9.17) is 5.73 Å². The van der Waals surface area contributed by atoms with Crippen molar-refractivity contribution in [2.75, 3.05) is 4.72 Å². The molecule has 9 heteroatoms. The molecule has 0 aliphatic rings. The number of primary amides is 1. The normalized spacial score (nSPS) is 11.3. The summed E-state index contributed by atoms with van der Waals surface area (Å²) >= 11 is 0.960. The molecule has 0 spiro atoms. The van der Waals surface area contributed by atoms with Crippen molar-refractivity contribution in [3.05, 3.63) is 28.7 Å². The van der Waals surface area contributed by atoms with Crippen LogP contribution in [0.3, 0.4) is 0 Å². The second-order valence-electron chi connectivity index (χ2n) is 3.00. The molecule has 2 rings (SSSR count). The van der Waals surface area contributed by atoms with Gasteiger partial charge >= 0.3 is 0 Å². The van der Waals surface area contributed by atoms with Gasteiger partial charge in [0, 0.05) is 11.4 Å². The second-order valence-corrected chi connectivity index (χ2v) is 5.59. The molecule has 1 amide bonds. The first kappa shape index (κ1) is 11.6. The minimum absolute atomic E-state index is 0.0423. The smallest absolute Gasteiger partial charge is 0.263 e. The van der Waals surface area contributed by atoms with Crippen molar-refractivity contribution in [1.82, 2.24) is 5.16 Å². The van der Waals surface area contributed by atoms with Crippen LogP contribution in [0.5, 0.6) is 0 Å². The van der Waals surface area contributed by atoms with E-state index in [2.05, 4.69) is 14.4 Å². The Kier molecular flexibility index (Phi) is 2.86.